The van der Waals surface area contributed by atoms with E-state index in [0.29, 0.717) is 19.6 Å². The molecule has 2 aliphatic heterocycles. The van der Waals surface area contributed by atoms with E-state index in [4.69, 9.17) is 0 Å². The summed E-state index contributed by atoms with van der Waals surface area (Å²) in [6.45, 7) is 7.72. The summed E-state index contributed by atoms with van der Waals surface area (Å²) < 4.78 is 0. The number of fused-ring (bicyclic) bond motifs is 1. The number of nitrogens with zero attached hydrogens (tertiary/aromatic N) is 5. The topological polar surface area (TPSA) is 91.3 Å². The van der Waals surface area contributed by atoms with Crippen molar-refractivity contribution < 1.29 is 9.59 Å². The maximum absolute atomic E-state index is 13.2. The lowest BCUT2D eigenvalue weighted by Gasteiger charge is -2.37. The van der Waals surface area contributed by atoms with E-state index in [1.807, 2.05) is 17.0 Å². The van der Waals surface area contributed by atoms with Gasteiger partial charge in [0.1, 0.15) is 17.0 Å². The molecule has 2 saturated heterocycles. The molecular weight excluding hydrogens is 460 g/mol. The van der Waals surface area contributed by atoms with Crippen molar-refractivity contribution in [3.63, 3.8) is 0 Å². The average molecular weight is 493 g/mol. The predicted molar refractivity (Wildman–Crippen MR) is 137 cm³/mol. The van der Waals surface area contributed by atoms with Crippen molar-refractivity contribution in [2.75, 3.05) is 31.1 Å². The van der Waals surface area contributed by atoms with Crippen LogP contribution < -0.4 is 10.2 Å². The van der Waals surface area contributed by atoms with Crippen LogP contribution in [-0.4, -0.2) is 57.8 Å². The summed E-state index contributed by atoms with van der Waals surface area (Å²) in [4.78, 5) is 45.6. The number of amides is 2. The summed E-state index contributed by atoms with van der Waals surface area (Å²) in [5, 5.41) is 4.17. The zero-order valence-corrected chi connectivity index (χ0v) is 21.2. The minimum atomic E-state index is -0.0324. The molecule has 9 heteroatoms. The van der Waals surface area contributed by atoms with Gasteiger partial charge in [0.05, 0.1) is 5.39 Å². The minimum Gasteiger partial charge on any atom is -0.356 e. The summed E-state index contributed by atoms with van der Waals surface area (Å²) in [7, 11) is 0. The van der Waals surface area contributed by atoms with Crippen molar-refractivity contribution in [2.45, 2.75) is 46.1 Å². The van der Waals surface area contributed by atoms with Crippen LogP contribution in [0.3, 0.4) is 0 Å². The van der Waals surface area contributed by atoms with Crippen LogP contribution in [0.5, 0.6) is 0 Å². The fourth-order valence-electron chi connectivity index (χ4n) is 5.20. The maximum Gasteiger partial charge on any atom is 0.225 e. The van der Waals surface area contributed by atoms with E-state index in [1.165, 1.54) is 10.4 Å². The Morgan fingerprint density at radius 2 is 1.80 bits per heavy atom. The number of hydrogen-bond acceptors (Lipinski definition) is 7. The molecule has 3 aromatic rings. The molecule has 5 rings (SSSR count). The van der Waals surface area contributed by atoms with E-state index in [2.05, 4.69) is 39.0 Å². The molecule has 0 spiro atoms. The third-order valence-corrected chi connectivity index (χ3v) is 8.57. The highest BCUT2D eigenvalue weighted by Gasteiger charge is 2.33. The van der Waals surface area contributed by atoms with Gasteiger partial charge in [-0.25, -0.2) is 9.97 Å². The Hall–Kier alpha value is -3.07. The molecule has 0 unspecified atom stereocenters. The number of aryl methyl sites for hydroxylation is 2. The maximum atomic E-state index is 13.2. The first-order chi connectivity index (χ1) is 17.0. The lowest BCUT2D eigenvalue weighted by Crippen LogP contribution is -2.47. The number of likely N-dealkylation sites (tertiary alicyclic amines) is 1. The molecule has 2 amide bonds. The second-order valence-corrected chi connectivity index (χ2v) is 10.8. The van der Waals surface area contributed by atoms with Crippen molar-refractivity contribution in [2.24, 2.45) is 11.8 Å². The van der Waals surface area contributed by atoms with Gasteiger partial charge in [-0.15, -0.1) is 11.3 Å². The SMILES string of the molecule is Cc1sc2ncnc(N3CCC(C(=O)N4CCC(C(=O)NCc5cccnc5)CC4)CC3)c2c1C. The number of nitrogens with one attached hydrogen (secondary N) is 1. The molecule has 35 heavy (non-hydrogen) atoms. The van der Waals surface area contributed by atoms with Gasteiger partial charge in [-0.2, -0.15) is 0 Å². The van der Waals surface area contributed by atoms with E-state index in [-0.39, 0.29) is 23.7 Å². The number of rotatable bonds is 5. The number of anilines is 1. The Morgan fingerprint density at radius 1 is 1.06 bits per heavy atom. The standard InChI is InChI=1S/C26H32N6O2S/c1-17-18(2)35-25-22(17)23(29-16-30-25)31-10-7-21(8-11-31)26(34)32-12-5-20(6-13-32)24(33)28-15-19-4-3-9-27-14-19/h3-4,9,14,16,20-21H,5-8,10-13,15H2,1-2H3,(H,28,33). The number of carbonyl (C=O) groups is 2. The average Bonchev–Trinajstić information content (AvgIpc) is 3.21. The molecule has 0 atom stereocenters. The molecule has 5 heterocycles. The molecule has 2 fully saturated rings. The number of carbonyl (C=O) groups excluding carboxylic acids is 2. The normalized spacial score (nSPS) is 17.7. The van der Waals surface area contributed by atoms with Crippen LogP contribution in [0, 0.1) is 25.7 Å². The van der Waals surface area contributed by atoms with E-state index in [9.17, 15) is 9.59 Å². The Morgan fingerprint density at radius 3 is 2.51 bits per heavy atom. The summed E-state index contributed by atoms with van der Waals surface area (Å²) >= 11 is 1.72. The Bertz CT molecular complexity index is 1200. The van der Waals surface area contributed by atoms with Gasteiger partial charge in [-0.3, -0.25) is 14.6 Å². The van der Waals surface area contributed by atoms with E-state index >= 15 is 0 Å². The molecule has 8 nitrogen and oxygen atoms in total. The van der Waals surface area contributed by atoms with Crippen molar-refractivity contribution in [3.8, 4) is 0 Å². The molecule has 0 bridgehead atoms. The summed E-state index contributed by atoms with van der Waals surface area (Å²) in [5.74, 6) is 1.33. The van der Waals surface area contributed by atoms with Gasteiger partial charge in [-0.05, 0) is 56.7 Å². The van der Waals surface area contributed by atoms with Crippen LogP contribution in [0.4, 0.5) is 5.82 Å². The molecular formula is C26H32N6O2S. The van der Waals surface area contributed by atoms with E-state index < -0.39 is 0 Å². The summed E-state index contributed by atoms with van der Waals surface area (Å²) in [6.07, 6.45) is 8.25. The smallest absolute Gasteiger partial charge is 0.225 e. The first-order valence-corrected chi connectivity index (χ1v) is 13.2. The lowest BCUT2D eigenvalue weighted by atomic mass is 9.91. The van der Waals surface area contributed by atoms with Crippen LogP contribution >= 0.6 is 11.3 Å². The number of hydrogen-bond donors (Lipinski definition) is 1. The van der Waals surface area contributed by atoms with Crippen LogP contribution in [0.2, 0.25) is 0 Å². The van der Waals surface area contributed by atoms with Crippen LogP contribution in [0.25, 0.3) is 10.2 Å². The molecule has 0 aromatic carbocycles. The number of aromatic nitrogens is 3. The van der Waals surface area contributed by atoms with Crippen LogP contribution in [-0.2, 0) is 16.1 Å². The number of thiophene rings is 1. The lowest BCUT2D eigenvalue weighted by molar-refractivity contribution is -0.139. The number of piperidine rings is 2. The monoisotopic (exact) mass is 492 g/mol. The molecule has 0 radical (unpaired) electrons. The fraction of sp³-hybridized carbons (Fsp3) is 0.500. The van der Waals surface area contributed by atoms with Crippen molar-refractivity contribution >= 4 is 39.2 Å². The molecule has 184 valence electrons. The predicted octanol–water partition coefficient (Wildman–Crippen LogP) is 3.47. The minimum absolute atomic E-state index is 0.0324. The van der Waals surface area contributed by atoms with Gasteiger partial charge >= 0.3 is 0 Å². The molecule has 2 aliphatic rings. The summed E-state index contributed by atoms with van der Waals surface area (Å²) in [6, 6.07) is 3.82. The van der Waals surface area contributed by atoms with Gasteiger partial charge < -0.3 is 15.1 Å². The Labute approximate surface area is 209 Å². The Balaban J connectivity index is 1.12. The third kappa shape index (κ3) is 5.00. The van der Waals surface area contributed by atoms with Gasteiger partial charge in [0, 0.05) is 61.8 Å². The van der Waals surface area contributed by atoms with Crippen LogP contribution in [0.15, 0.2) is 30.9 Å². The van der Waals surface area contributed by atoms with Gasteiger partial charge in [0.15, 0.2) is 0 Å². The highest BCUT2D eigenvalue weighted by molar-refractivity contribution is 7.18. The summed E-state index contributed by atoms with van der Waals surface area (Å²) in [5.41, 5.74) is 2.25. The quantitative estimate of drug-likeness (QED) is 0.586. The third-order valence-electron chi connectivity index (χ3n) is 7.46. The van der Waals surface area contributed by atoms with E-state index in [1.54, 1.807) is 30.1 Å². The second kappa shape index (κ2) is 10.3. The van der Waals surface area contributed by atoms with E-state index in [0.717, 1.165) is 60.4 Å². The zero-order chi connectivity index (χ0) is 24.4. The first kappa shape index (κ1) is 23.7. The first-order valence-electron chi connectivity index (χ1n) is 12.4. The van der Waals surface area contributed by atoms with Crippen molar-refractivity contribution in [1.82, 2.24) is 25.2 Å². The largest absolute Gasteiger partial charge is 0.356 e. The highest BCUT2D eigenvalue weighted by Crippen LogP contribution is 2.36. The van der Waals surface area contributed by atoms with Gasteiger partial charge in [0.2, 0.25) is 11.8 Å². The van der Waals surface area contributed by atoms with Crippen molar-refractivity contribution in [3.05, 3.63) is 46.9 Å². The number of pyridine rings is 1. The molecule has 3 aromatic heterocycles. The van der Waals surface area contributed by atoms with Gasteiger partial charge in [0.25, 0.3) is 0 Å². The zero-order valence-electron chi connectivity index (χ0n) is 20.4. The van der Waals surface area contributed by atoms with Crippen molar-refractivity contribution in [1.29, 1.82) is 0 Å². The fourth-order valence-corrected chi connectivity index (χ4v) is 6.19. The molecule has 0 aliphatic carbocycles. The van der Waals surface area contributed by atoms with Gasteiger partial charge in [-0.1, -0.05) is 6.07 Å². The highest BCUT2D eigenvalue weighted by atomic mass is 32.1. The molecule has 1 N–H and O–H groups in total. The Kier molecular flexibility index (Phi) is 6.95. The molecule has 0 saturated carbocycles. The van der Waals surface area contributed by atoms with Crippen LogP contribution in [0.1, 0.15) is 41.7 Å². The second-order valence-electron chi connectivity index (χ2n) is 9.60.